The highest BCUT2D eigenvalue weighted by Crippen LogP contribution is 2.38. The highest BCUT2D eigenvalue weighted by molar-refractivity contribution is 5.99. The molecule has 3 rings (SSSR count). The molecule has 0 heterocycles. The molecule has 6 heteroatoms. The van der Waals surface area contributed by atoms with Gasteiger partial charge in [-0.25, -0.2) is 4.79 Å². The molecule has 2 N–H and O–H groups in total. The van der Waals surface area contributed by atoms with Gasteiger partial charge in [0.2, 0.25) is 0 Å². The second-order valence-corrected chi connectivity index (χ2v) is 7.26. The molecule has 0 aliphatic heterocycles. The van der Waals surface area contributed by atoms with Crippen molar-refractivity contribution in [3.8, 4) is 23.0 Å². The Balaban J connectivity index is 2.14. The van der Waals surface area contributed by atoms with Crippen molar-refractivity contribution in [3.05, 3.63) is 83.4 Å². The van der Waals surface area contributed by atoms with Crippen molar-refractivity contribution in [2.75, 3.05) is 20.3 Å². The zero-order valence-electron chi connectivity index (χ0n) is 19.0. The summed E-state index contributed by atoms with van der Waals surface area (Å²) in [4.78, 5) is 11.8. The van der Waals surface area contributed by atoms with Gasteiger partial charge in [0.15, 0.2) is 18.1 Å². The first-order valence-electron chi connectivity index (χ1n) is 10.8. The molecule has 3 aromatic carbocycles. The third-order valence-corrected chi connectivity index (χ3v) is 5.13. The van der Waals surface area contributed by atoms with Crippen LogP contribution in [0.25, 0.3) is 11.1 Å². The first-order chi connectivity index (χ1) is 16.0. The number of ether oxygens (including phenoxy) is 3. The molecule has 0 saturated carbocycles. The van der Waals surface area contributed by atoms with Crippen LogP contribution in [0.2, 0.25) is 0 Å². The Morgan fingerprint density at radius 3 is 1.82 bits per heavy atom. The smallest absolute Gasteiger partial charge is 0.344 e. The number of esters is 1. The Morgan fingerprint density at radius 1 is 0.788 bits per heavy atom. The van der Waals surface area contributed by atoms with Gasteiger partial charge in [-0.05, 0) is 77.6 Å². The maximum atomic E-state index is 11.8. The van der Waals surface area contributed by atoms with E-state index < -0.39 is 5.97 Å². The Labute approximate surface area is 193 Å². The van der Waals surface area contributed by atoms with Crippen molar-refractivity contribution in [2.24, 2.45) is 0 Å². The van der Waals surface area contributed by atoms with E-state index in [0.29, 0.717) is 17.9 Å². The average molecular weight is 449 g/mol. The van der Waals surface area contributed by atoms with Crippen LogP contribution in [-0.4, -0.2) is 36.5 Å². The fourth-order valence-electron chi connectivity index (χ4n) is 3.61. The van der Waals surface area contributed by atoms with E-state index in [1.807, 2.05) is 36.4 Å². The molecule has 0 fully saturated rings. The first-order valence-corrected chi connectivity index (χ1v) is 10.8. The number of rotatable bonds is 9. The zero-order valence-corrected chi connectivity index (χ0v) is 19.0. The maximum Gasteiger partial charge on any atom is 0.344 e. The number of aromatic hydroxyl groups is 2. The van der Waals surface area contributed by atoms with E-state index in [9.17, 15) is 15.0 Å². The molecule has 0 aromatic heterocycles. The van der Waals surface area contributed by atoms with E-state index in [0.717, 1.165) is 27.8 Å². The van der Waals surface area contributed by atoms with Gasteiger partial charge in [0, 0.05) is 0 Å². The lowest BCUT2D eigenvalue weighted by Gasteiger charge is -2.18. The number of hydrogen-bond donors (Lipinski definition) is 2. The minimum atomic E-state index is -0.454. The summed E-state index contributed by atoms with van der Waals surface area (Å²) < 4.78 is 16.1. The number of carbonyl (C=O) groups is 1. The van der Waals surface area contributed by atoms with Gasteiger partial charge in [-0.1, -0.05) is 37.3 Å². The predicted molar refractivity (Wildman–Crippen MR) is 128 cm³/mol. The van der Waals surface area contributed by atoms with Gasteiger partial charge in [0.05, 0.1) is 13.7 Å². The molecule has 0 amide bonds. The van der Waals surface area contributed by atoms with Crippen LogP contribution in [0.4, 0.5) is 0 Å². The molecule has 0 unspecified atom stereocenters. The molecule has 33 heavy (non-hydrogen) atoms. The number of carbonyl (C=O) groups excluding carboxylic acids is 1. The van der Waals surface area contributed by atoms with E-state index in [1.165, 1.54) is 0 Å². The summed E-state index contributed by atoms with van der Waals surface area (Å²) in [7, 11) is 1.54. The van der Waals surface area contributed by atoms with Crippen LogP contribution in [0.3, 0.4) is 0 Å². The van der Waals surface area contributed by atoms with Gasteiger partial charge in [0.1, 0.15) is 11.5 Å². The molecule has 0 aliphatic carbocycles. The molecule has 0 radical (unpaired) electrons. The molecule has 0 atom stereocenters. The molecule has 0 bridgehead atoms. The summed E-state index contributed by atoms with van der Waals surface area (Å²) in [6.45, 7) is 3.86. The standard InChI is InChI=1S/C27H28O6/c1-4-23(20-10-15-24(31-3)25(16-20)33-17-26(30)32-5-2)27(18-6-11-21(28)12-7-18)19-8-13-22(29)14-9-19/h6-16,28-29H,4-5,17H2,1-3H3. The largest absolute Gasteiger partial charge is 0.508 e. The van der Waals surface area contributed by atoms with Crippen molar-refractivity contribution >= 4 is 17.1 Å². The van der Waals surface area contributed by atoms with Crippen molar-refractivity contribution < 1.29 is 29.2 Å². The fraction of sp³-hybridized carbons (Fsp3) is 0.222. The summed E-state index contributed by atoms with van der Waals surface area (Å²) in [6, 6.07) is 19.6. The van der Waals surface area contributed by atoms with Crippen LogP contribution in [0.5, 0.6) is 23.0 Å². The molecule has 0 aliphatic rings. The second-order valence-electron chi connectivity index (χ2n) is 7.26. The van der Waals surface area contributed by atoms with E-state index in [4.69, 9.17) is 14.2 Å². The van der Waals surface area contributed by atoms with Gasteiger partial charge in [0.25, 0.3) is 0 Å². The predicted octanol–water partition coefficient (Wildman–Crippen LogP) is 5.42. The van der Waals surface area contributed by atoms with Crippen molar-refractivity contribution in [3.63, 3.8) is 0 Å². The summed E-state index contributed by atoms with van der Waals surface area (Å²) in [6.07, 6.45) is 0.695. The zero-order chi connectivity index (χ0) is 23.8. The van der Waals surface area contributed by atoms with E-state index in [1.54, 1.807) is 44.4 Å². The van der Waals surface area contributed by atoms with E-state index >= 15 is 0 Å². The second kappa shape index (κ2) is 11.1. The summed E-state index contributed by atoms with van der Waals surface area (Å²) in [5.74, 6) is 0.853. The van der Waals surface area contributed by atoms with Gasteiger partial charge < -0.3 is 24.4 Å². The van der Waals surface area contributed by atoms with Crippen molar-refractivity contribution in [1.29, 1.82) is 0 Å². The van der Waals surface area contributed by atoms with Crippen LogP contribution < -0.4 is 9.47 Å². The number of phenols is 2. The lowest BCUT2D eigenvalue weighted by molar-refractivity contribution is -0.145. The van der Waals surface area contributed by atoms with Crippen LogP contribution in [0, 0.1) is 0 Å². The third kappa shape index (κ3) is 5.86. The number of benzene rings is 3. The minimum absolute atomic E-state index is 0.181. The normalized spacial score (nSPS) is 10.4. The van der Waals surface area contributed by atoms with Gasteiger partial charge in [-0.3, -0.25) is 0 Å². The molecule has 0 saturated heterocycles. The molecule has 172 valence electrons. The van der Waals surface area contributed by atoms with Gasteiger partial charge in [-0.2, -0.15) is 0 Å². The van der Waals surface area contributed by atoms with Gasteiger partial charge in [-0.15, -0.1) is 0 Å². The Kier molecular flexibility index (Phi) is 7.97. The monoisotopic (exact) mass is 448 g/mol. The number of phenolic OH excluding ortho intramolecular Hbond substituents is 2. The lowest BCUT2D eigenvalue weighted by atomic mass is 9.88. The molecule has 0 spiro atoms. The Bertz CT molecular complexity index is 1070. The summed E-state index contributed by atoms with van der Waals surface area (Å²) in [5, 5.41) is 19.6. The fourth-order valence-corrected chi connectivity index (χ4v) is 3.61. The van der Waals surface area contributed by atoms with Crippen LogP contribution in [0.15, 0.2) is 66.7 Å². The Hall–Kier alpha value is -3.93. The van der Waals surface area contributed by atoms with Crippen molar-refractivity contribution in [2.45, 2.75) is 20.3 Å². The summed E-state index contributed by atoms with van der Waals surface area (Å²) in [5.41, 5.74) is 4.71. The number of allylic oxidation sites excluding steroid dienone is 1. The quantitative estimate of drug-likeness (QED) is 0.336. The molecular formula is C27H28O6. The SMILES string of the molecule is CCOC(=O)COc1cc(C(CC)=C(c2ccc(O)cc2)c2ccc(O)cc2)ccc1OC. The van der Waals surface area contributed by atoms with Crippen molar-refractivity contribution in [1.82, 2.24) is 0 Å². The highest BCUT2D eigenvalue weighted by Gasteiger charge is 2.16. The number of hydrogen-bond acceptors (Lipinski definition) is 6. The van der Waals surface area contributed by atoms with Crippen LogP contribution >= 0.6 is 0 Å². The topological polar surface area (TPSA) is 85.2 Å². The Morgan fingerprint density at radius 2 is 1.33 bits per heavy atom. The minimum Gasteiger partial charge on any atom is -0.508 e. The van der Waals surface area contributed by atoms with Gasteiger partial charge >= 0.3 is 5.97 Å². The average Bonchev–Trinajstić information content (AvgIpc) is 2.83. The number of methoxy groups -OCH3 is 1. The third-order valence-electron chi connectivity index (χ3n) is 5.13. The lowest BCUT2D eigenvalue weighted by Crippen LogP contribution is -2.15. The molecular weight excluding hydrogens is 420 g/mol. The van der Waals surface area contributed by atoms with Crippen LogP contribution in [-0.2, 0) is 9.53 Å². The van der Waals surface area contributed by atoms with E-state index in [2.05, 4.69) is 6.92 Å². The highest BCUT2D eigenvalue weighted by atomic mass is 16.6. The van der Waals surface area contributed by atoms with E-state index in [-0.39, 0.29) is 24.7 Å². The first kappa shape index (κ1) is 23.7. The molecule has 6 nitrogen and oxygen atoms in total. The van der Waals surface area contributed by atoms with Crippen LogP contribution in [0.1, 0.15) is 37.0 Å². The summed E-state index contributed by atoms with van der Waals surface area (Å²) >= 11 is 0. The molecule has 3 aromatic rings. The maximum absolute atomic E-state index is 11.8.